The molecule has 2 aromatic heterocycles. The SMILES string of the molecule is Cc1csc(=NC(=O)NC(C)CCCc2ccc(-c3ncn(-c4ccc(OC(F)(F)F)cc4)n3)cc2)n1-c1ccccc1C(C)C. The molecule has 0 aliphatic heterocycles. The summed E-state index contributed by atoms with van der Waals surface area (Å²) in [6.45, 7) is 8.31. The molecule has 0 fully saturated rings. The molecule has 5 rings (SSSR count). The summed E-state index contributed by atoms with van der Waals surface area (Å²) < 4.78 is 44.7. The molecule has 3 aromatic carbocycles. The van der Waals surface area contributed by atoms with Gasteiger partial charge in [0.2, 0.25) is 0 Å². The molecule has 46 heavy (non-hydrogen) atoms. The molecule has 0 saturated heterocycles. The highest BCUT2D eigenvalue weighted by atomic mass is 32.1. The average molecular weight is 649 g/mol. The predicted octanol–water partition coefficient (Wildman–Crippen LogP) is 8.14. The van der Waals surface area contributed by atoms with Crippen LogP contribution in [0.1, 0.15) is 56.4 Å². The van der Waals surface area contributed by atoms with Gasteiger partial charge in [0.1, 0.15) is 12.1 Å². The second kappa shape index (κ2) is 14.2. The van der Waals surface area contributed by atoms with E-state index in [0.717, 1.165) is 41.8 Å². The van der Waals surface area contributed by atoms with Crippen LogP contribution in [0.15, 0.2) is 89.5 Å². The molecule has 1 atom stereocenters. The fourth-order valence-corrected chi connectivity index (χ4v) is 5.96. The van der Waals surface area contributed by atoms with Crippen molar-refractivity contribution in [3.63, 3.8) is 0 Å². The van der Waals surface area contributed by atoms with E-state index in [9.17, 15) is 18.0 Å². The van der Waals surface area contributed by atoms with E-state index in [1.165, 1.54) is 52.2 Å². The first kappa shape index (κ1) is 32.7. The first-order valence-corrected chi connectivity index (χ1v) is 15.8. The summed E-state index contributed by atoms with van der Waals surface area (Å²) in [4.78, 5) is 22.2. The van der Waals surface area contributed by atoms with Crippen LogP contribution in [0.5, 0.6) is 5.75 Å². The number of amides is 2. The molecule has 2 amide bonds. The fourth-order valence-electron chi connectivity index (χ4n) is 5.10. The number of hydrogen-bond donors (Lipinski definition) is 1. The Morgan fingerprint density at radius 1 is 1.02 bits per heavy atom. The largest absolute Gasteiger partial charge is 0.573 e. The number of aromatic nitrogens is 4. The standard InChI is InChI=1S/C34H35F3N6O2S/c1-22(2)29-10-5-6-11-30(29)43-24(4)20-46-33(43)40-32(44)39-23(3)8-7-9-25-12-14-26(15-13-25)31-38-21-42(41-31)27-16-18-28(19-17-27)45-34(35,36)37/h5-6,10-23H,7-9H2,1-4H3,(H,39,44). The Kier molecular flexibility index (Phi) is 10.1. The van der Waals surface area contributed by atoms with Gasteiger partial charge in [0, 0.05) is 22.7 Å². The minimum Gasteiger partial charge on any atom is -0.406 e. The van der Waals surface area contributed by atoms with Gasteiger partial charge in [-0.2, -0.15) is 4.99 Å². The summed E-state index contributed by atoms with van der Waals surface area (Å²) in [5.74, 6) is 0.530. The Labute approximate surface area is 269 Å². The third-order valence-electron chi connectivity index (χ3n) is 7.39. The number of urea groups is 1. The van der Waals surface area contributed by atoms with Crippen molar-refractivity contribution in [3.8, 4) is 28.5 Å². The van der Waals surface area contributed by atoms with Crippen LogP contribution in [0.2, 0.25) is 0 Å². The summed E-state index contributed by atoms with van der Waals surface area (Å²) in [6, 6.07) is 21.1. The highest BCUT2D eigenvalue weighted by Crippen LogP contribution is 2.25. The van der Waals surface area contributed by atoms with Crippen LogP contribution in [-0.4, -0.2) is 37.8 Å². The Morgan fingerprint density at radius 2 is 1.74 bits per heavy atom. The van der Waals surface area contributed by atoms with Crippen LogP contribution >= 0.6 is 11.3 Å². The number of hydrogen-bond acceptors (Lipinski definition) is 5. The van der Waals surface area contributed by atoms with E-state index in [1.54, 1.807) is 0 Å². The number of rotatable bonds is 10. The molecule has 2 heterocycles. The maximum Gasteiger partial charge on any atom is 0.573 e. The number of aryl methyl sites for hydroxylation is 2. The van der Waals surface area contributed by atoms with E-state index in [0.29, 0.717) is 22.2 Å². The number of carbonyl (C=O) groups excluding carboxylic acids is 1. The molecular weight excluding hydrogens is 613 g/mol. The van der Waals surface area contributed by atoms with Gasteiger partial charge < -0.3 is 10.1 Å². The monoisotopic (exact) mass is 648 g/mol. The van der Waals surface area contributed by atoms with Gasteiger partial charge in [-0.1, -0.05) is 56.3 Å². The number of carbonyl (C=O) groups is 1. The first-order chi connectivity index (χ1) is 22.0. The molecule has 1 unspecified atom stereocenters. The van der Waals surface area contributed by atoms with Gasteiger partial charge in [0.25, 0.3) is 0 Å². The Bertz CT molecular complexity index is 1840. The van der Waals surface area contributed by atoms with Gasteiger partial charge >= 0.3 is 12.4 Å². The predicted molar refractivity (Wildman–Crippen MR) is 172 cm³/mol. The average Bonchev–Trinajstić information content (AvgIpc) is 3.64. The smallest absolute Gasteiger partial charge is 0.406 e. The van der Waals surface area contributed by atoms with Gasteiger partial charge in [0.05, 0.1) is 11.4 Å². The van der Waals surface area contributed by atoms with Crippen molar-refractivity contribution in [1.82, 2.24) is 24.6 Å². The second-order valence-electron chi connectivity index (χ2n) is 11.3. The molecule has 0 radical (unpaired) electrons. The summed E-state index contributed by atoms with van der Waals surface area (Å²) in [5.41, 5.74) is 5.79. The lowest BCUT2D eigenvalue weighted by Crippen LogP contribution is -2.32. The summed E-state index contributed by atoms with van der Waals surface area (Å²) >= 11 is 1.45. The molecule has 12 heteroatoms. The lowest BCUT2D eigenvalue weighted by Gasteiger charge is -2.15. The molecule has 8 nitrogen and oxygen atoms in total. The number of ether oxygens (including phenoxy) is 1. The van der Waals surface area contributed by atoms with E-state index in [1.807, 2.05) is 60.2 Å². The van der Waals surface area contributed by atoms with Crippen LogP contribution in [-0.2, 0) is 6.42 Å². The maximum absolute atomic E-state index is 12.9. The van der Waals surface area contributed by atoms with Crippen molar-refractivity contribution in [2.24, 2.45) is 4.99 Å². The molecule has 0 spiro atoms. The number of alkyl halides is 3. The van der Waals surface area contributed by atoms with E-state index in [4.69, 9.17) is 0 Å². The number of thiazole rings is 1. The van der Waals surface area contributed by atoms with E-state index in [2.05, 4.69) is 51.1 Å². The van der Waals surface area contributed by atoms with Gasteiger partial charge in [-0.25, -0.2) is 14.5 Å². The third kappa shape index (κ3) is 8.30. The van der Waals surface area contributed by atoms with Crippen LogP contribution in [0.25, 0.3) is 22.8 Å². The quantitative estimate of drug-likeness (QED) is 0.166. The van der Waals surface area contributed by atoms with Gasteiger partial charge in [-0.05, 0) is 80.5 Å². The zero-order valence-corrected chi connectivity index (χ0v) is 26.8. The highest BCUT2D eigenvalue weighted by molar-refractivity contribution is 7.07. The van der Waals surface area contributed by atoms with Gasteiger partial charge in [-0.15, -0.1) is 29.6 Å². The molecule has 5 aromatic rings. The van der Waals surface area contributed by atoms with Crippen LogP contribution in [0.4, 0.5) is 18.0 Å². The molecule has 0 saturated carbocycles. The van der Waals surface area contributed by atoms with Crippen molar-refractivity contribution in [2.75, 3.05) is 0 Å². The van der Waals surface area contributed by atoms with Crippen LogP contribution in [0, 0.1) is 6.92 Å². The van der Waals surface area contributed by atoms with E-state index in [-0.39, 0.29) is 17.8 Å². The van der Waals surface area contributed by atoms with Gasteiger partial charge in [-0.3, -0.25) is 4.57 Å². The lowest BCUT2D eigenvalue weighted by molar-refractivity contribution is -0.274. The highest BCUT2D eigenvalue weighted by Gasteiger charge is 2.31. The number of nitrogens with one attached hydrogen (secondary N) is 1. The molecular formula is C34H35F3N6O2S. The lowest BCUT2D eigenvalue weighted by atomic mass is 10.0. The third-order valence-corrected chi connectivity index (χ3v) is 8.33. The minimum absolute atomic E-state index is 0.0461. The van der Waals surface area contributed by atoms with Crippen molar-refractivity contribution in [2.45, 2.75) is 65.3 Å². The Morgan fingerprint density at radius 3 is 2.43 bits per heavy atom. The van der Waals surface area contributed by atoms with Crippen molar-refractivity contribution >= 4 is 17.4 Å². The molecule has 0 aliphatic carbocycles. The number of halogens is 3. The van der Waals surface area contributed by atoms with Crippen LogP contribution < -0.4 is 14.9 Å². The van der Waals surface area contributed by atoms with E-state index < -0.39 is 6.36 Å². The Balaban J connectivity index is 1.14. The fraction of sp³-hybridized carbons (Fsp3) is 0.294. The van der Waals surface area contributed by atoms with Crippen molar-refractivity contribution < 1.29 is 22.7 Å². The second-order valence-corrected chi connectivity index (χ2v) is 12.2. The number of nitrogens with zero attached hydrogens (tertiary/aromatic N) is 5. The summed E-state index contributed by atoms with van der Waals surface area (Å²) in [6.07, 6.45) is -0.729. The Hall–Kier alpha value is -4.71. The molecule has 240 valence electrons. The topological polar surface area (TPSA) is 86.3 Å². The molecule has 0 bridgehead atoms. The van der Waals surface area contributed by atoms with Gasteiger partial charge in [0.15, 0.2) is 10.6 Å². The van der Waals surface area contributed by atoms with E-state index >= 15 is 0 Å². The van der Waals surface area contributed by atoms with Crippen LogP contribution in [0.3, 0.4) is 0 Å². The maximum atomic E-state index is 12.9. The molecule has 0 aliphatic rings. The summed E-state index contributed by atoms with van der Waals surface area (Å²) in [5, 5.41) is 9.48. The zero-order valence-electron chi connectivity index (χ0n) is 26.0. The van der Waals surface area contributed by atoms with Crippen molar-refractivity contribution in [1.29, 1.82) is 0 Å². The minimum atomic E-state index is -4.74. The first-order valence-electron chi connectivity index (χ1n) is 15.0. The number of para-hydroxylation sites is 1. The normalized spacial score (nSPS) is 12.8. The molecule has 1 N–H and O–H groups in total. The number of benzene rings is 3. The zero-order chi connectivity index (χ0) is 32.8. The van der Waals surface area contributed by atoms with Crippen molar-refractivity contribution in [3.05, 3.63) is 106 Å². The summed E-state index contributed by atoms with van der Waals surface area (Å²) in [7, 11) is 0.